The van der Waals surface area contributed by atoms with Gasteiger partial charge in [-0.15, -0.1) is 0 Å². The fourth-order valence-electron chi connectivity index (χ4n) is 2.26. The molecular formula is C11H20N2O. The van der Waals surface area contributed by atoms with E-state index < -0.39 is 5.54 Å². The van der Waals surface area contributed by atoms with E-state index >= 15 is 0 Å². The third kappa shape index (κ3) is 1.65. The molecule has 2 aliphatic rings. The third-order valence-electron chi connectivity index (χ3n) is 3.80. The predicted molar refractivity (Wildman–Crippen MR) is 55.7 cm³/mol. The first-order valence-corrected chi connectivity index (χ1v) is 5.54. The number of nitrogens with two attached hydrogens (primary N) is 1. The molecule has 0 heterocycles. The minimum absolute atomic E-state index is 0.0671. The molecule has 3 heteroatoms. The van der Waals surface area contributed by atoms with Crippen LogP contribution in [0.2, 0.25) is 0 Å². The molecule has 0 aromatic rings. The van der Waals surface area contributed by atoms with Gasteiger partial charge in [-0.05, 0) is 31.1 Å². The van der Waals surface area contributed by atoms with Gasteiger partial charge in [-0.3, -0.25) is 4.79 Å². The molecule has 0 aromatic heterocycles. The molecule has 1 unspecified atom stereocenters. The second-order valence-electron chi connectivity index (χ2n) is 5.56. The molecule has 2 rings (SSSR count). The second-order valence-corrected chi connectivity index (χ2v) is 5.56. The highest BCUT2D eigenvalue weighted by atomic mass is 16.2. The number of hydrogen-bond acceptors (Lipinski definition) is 2. The lowest BCUT2D eigenvalue weighted by Gasteiger charge is -2.28. The summed E-state index contributed by atoms with van der Waals surface area (Å²) in [5.41, 5.74) is 5.58. The van der Waals surface area contributed by atoms with E-state index in [1.165, 1.54) is 12.8 Å². The molecule has 14 heavy (non-hydrogen) atoms. The summed E-state index contributed by atoms with van der Waals surface area (Å²) in [5.74, 6) is 0.0671. The smallest absolute Gasteiger partial charge is 0.240 e. The molecule has 1 amide bonds. The van der Waals surface area contributed by atoms with Crippen molar-refractivity contribution < 1.29 is 4.79 Å². The van der Waals surface area contributed by atoms with Gasteiger partial charge >= 0.3 is 0 Å². The second kappa shape index (κ2) is 2.96. The lowest BCUT2D eigenvalue weighted by molar-refractivity contribution is -0.124. The molecule has 80 valence electrons. The van der Waals surface area contributed by atoms with Crippen LogP contribution in [-0.2, 0) is 4.79 Å². The molecule has 2 aliphatic carbocycles. The van der Waals surface area contributed by atoms with Crippen molar-refractivity contribution in [2.75, 3.05) is 0 Å². The summed E-state index contributed by atoms with van der Waals surface area (Å²) in [6, 6.07) is 0.330. The van der Waals surface area contributed by atoms with E-state index in [4.69, 9.17) is 5.73 Å². The summed E-state index contributed by atoms with van der Waals surface area (Å²) in [6.07, 6.45) is 5.23. The molecule has 3 N–H and O–H groups in total. The van der Waals surface area contributed by atoms with Crippen molar-refractivity contribution in [2.24, 2.45) is 11.1 Å². The summed E-state index contributed by atoms with van der Waals surface area (Å²) in [7, 11) is 0. The highest BCUT2D eigenvalue weighted by Gasteiger charge is 2.48. The Morgan fingerprint density at radius 1 is 1.36 bits per heavy atom. The average Bonchev–Trinajstić information content (AvgIpc) is 2.75. The van der Waals surface area contributed by atoms with E-state index in [0.717, 1.165) is 19.3 Å². The first kappa shape index (κ1) is 9.97. The van der Waals surface area contributed by atoms with Gasteiger partial charge in [0.15, 0.2) is 0 Å². The standard InChI is InChI=1S/C11H20N2O/c1-10(2)5-3-4-8(10)13-9(14)11(12)6-7-11/h8H,3-7,12H2,1-2H3,(H,13,14). The van der Waals surface area contributed by atoms with Gasteiger partial charge in [-0.2, -0.15) is 0 Å². The highest BCUT2D eigenvalue weighted by molar-refractivity contribution is 5.89. The lowest BCUT2D eigenvalue weighted by atomic mass is 9.87. The molecule has 0 bridgehead atoms. The SMILES string of the molecule is CC1(C)CCCC1NC(=O)C1(N)CC1. The first-order chi connectivity index (χ1) is 6.44. The van der Waals surface area contributed by atoms with E-state index in [0.29, 0.717) is 6.04 Å². The minimum Gasteiger partial charge on any atom is -0.351 e. The number of nitrogens with one attached hydrogen (secondary N) is 1. The normalized spacial score (nSPS) is 32.6. The van der Waals surface area contributed by atoms with Gasteiger partial charge in [-0.1, -0.05) is 20.3 Å². The molecular weight excluding hydrogens is 176 g/mol. The molecule has 0 aliphatic heterocycles. The maximum Gasteiger partial charge on any atom is 0.240 e. The zero-order valence-corrected chi connectivity index (χ0v) is 9.10. The Hall–Kier alpha value is -0.570. The van der Waals surface area contributed by atoms with Crippen LogP contribution in [0.3, 0.4) is 0 Å². The maximum atomic E-state index is 11.7. The van der Waals surface area contributed by atoms with Gasteiger partial charge in [0.1, 0.15) is 0 Å². The summed E-state index contributed by atoms with van der Waals surface area (Å²) in [6.45, 7) is 4.45. The van der Waals surface area contributed by atoms with Crippen molar-refractivity contribution in [1.29, 1.82) is 0 Å². The van der Waals surface area contributed by atoms with Gasteiger partial charge in [0.25, 0.3) is 0 Å². The average molecular weight is 196 g/mol. The molecule has 0 radical (unpaired) electrons. The third-order valence-corrected chi connectivity index (χ3v) is 3.80. The Morgan fingerprint density at radius 2 is 2.00 bits per heavy atom. The summed E-state index contributed by atoms with van der Waals surface area (Å²) < 4.78 is 0. The topological polar surface area (TPSA) is 55.1 Å². The Bertz CT molecular complexity index is 256. The minimum atomic E-state index is -0.515. The Balaban J connectivity index is 1.94. The maximum absolute atomic E-state index is 11.7. The van der Waals surface area contributed by atoms with E-state index in [-0.39, 0.29) is 11.3 Å². The van der Waals surface area contributed by atoms with Gasteiger partial charge in [0.05, 0.1) is 5.54 Å². The largest absolute Gasteiger partial charge is 0.351 e. The molecule has 0 saturated heterocycles. The van der Waals surface area contributed by atoms with Crippen LogP contribution >= 0.6 is 0 Å². The quantitative estimate of drug-likeness (QED) is 0.696. The Kier molecular flexibility index (Phi) is 2.11. The molecule has 1 atom stereocenters. The molecule has 0 spiro atoms. The van der Waals surface area contributed by atoms with Crippen molar-refractivity contribution in [3.05, 3.63) is 0 Å². The van der Waals surface area contributed by atoms with Crippen molar-refractivity contribution in [3.8, 4) is 0 Å². The van der Waals surface area contributed by atoms with Crippen LogP contribution < -0.4 is 11.1 Å². The van der Waals surface area contributed by atoms with E-state index in [2.05, 4.69) is 19.2 Å². The number of hydrogen-bond donors (Lipinski definition) is 2. The van der Waals surface area contributed by atoms with E-state index in [9.17, 15) is 4.79 Å². The van der Waals surface area contributed by atoms with Crippen molar-refractivity contribution in [2.45, 2.75) is 57.5 Å². The molecule has 2 fully saturated rings. The predicted octanol–water partition coefficient (Wildman–Crippen LogP) is 1.17. The van der Waals surface area contributed by atoms with Crippen molar-refractivity contribution >= 4 is 5.91 Å². The summed E-state index contributed by atoms with van der Waals surface area (Å²) in [5, 5.41) is 3.11. The lowest BCUT2D eigenvalue weighted by Crippen LogP contribution is -2.50. The Morgan fingerprint density at radius 3 is 2.43 bits per heavy atom. The van der Waals surface area contributed by atoms with Gasteiger partial charge in [0, 0.05) is 6.04 Å². The molecule has 3 nitrogen and oxygen atoms in total. The number of rotatable bonds is 2. The fourth-order valence-corrected chi connectivity index (χ4v) is 2.26. The van der Waals surface area contributed by atoms with Crippen LogP contribution in [0.15, 0.2) is 0 Å². The monoisotopic (exact) mass is 196 g/mol. The van der Waals surface area contributed by atoms with Gasteiger partial charge in [0.2, 0.25) is 5.91 Å². The fraction of sp³-hybridized carbons (Fsp3) is 0.909. The zero-order valence-electron chi connectivity index (χ0n) is 9.10. The summed E-state index contributed by atoms with van der Waals surface area (Å²) >= 11 is 0. The van der Waals surface area contributed by atoms with Gasteiger partial charge in [-0.25, -0.2) is 0 Å². The van der Waals surface area contributed by atoms with Crippen molar-refractivity contribution in [1.82, 2.24) is 5.32 Å². The molecule has 0 aromatic carbocycles. The highest BCUT2D eigenvalue weighted by Crippen LogP contribution is 2.39. The van der Waals surface area contributed by atoms with E-state index in [1.807, 2.05) is 0 Å². The van der Waals surface area contributed by atoms with Crippen LogP contribution in [-0.4, -0.2) is 17.5 Å². The van der Waals surface area contributed by atoms with Crippen LogP contribution in [0.4, 0.5) is 0 Å². The zero-order chi connectivity index (χ0) is 10.4. The number of carbonyl (C=O) groups excluding carboxylic acids is 1. The Labute approximate surface area is 85.4 Å². The first-order valence-electron chi connectivity index (χ1n) is 5.54. The van der Waals surface area contributed by atoms with Gasteiger partial charge < -0.3 is 11.1 Å². The van der Waals surface area contributed by atoms with Crippen molar-refractivity contribution in [3.63, 3.8) is 0 Å². The van der Waals surface area contributed by atoms with Crippen LogP contribution in [0.5, 0.6) is 0 Å². The number of amides is 1. The summed E-state index contributed by atoms with van der Waals surface area (Å²) in [4.78, 5) is 11.7. The number of carbonyl (C=O) groups is 1. The van der Waals surface area contributed by atoms with Crippen LogP contribution in [0, 0.1) is 5.41 Å². The van der Waals surface area contributed by atoms with Crippen LogP contribution in [0.25, 0.3) is 0 Å². The van der Waals surface area contributed by atoms with E-state index in [1.54, 1.807) is 0 Å². The molecule has 2 saturated carbocycles. The van der Waals surface area contributed by atoms with Crippen LogP contribution in [0.1, 0.15) is 46.0 Å².